The van der Waals surface area contributed by atoms with Gasteiger partial charge in [-0.05, 0) is 39.3 Å². The van der Waals surface area contributed by atoms with Gasteiger partial charge in [0.1, 0.15) is 0 Å². The minimum atomic E-state index is 0.821. The van der Waals surface area contributed by atoms with E-state index in [-0.39, 0.29) is 0 Å². The van der Waals surface area contributed by atoms with Gasteiger partial charge >= 0.3 is 0 Å². The maximum Gasteiger partial charge on any atom is 0.0589 e. The van der Waals surface area contributed by atoms with Crippen LogP contribution in [0.1, 0.15) is 20.3 Å². The Labute approximate surface area is 99.8 Å². The van der Waals surface area contributed by atoms with Crippen LogP contribution in [0.4, 0.5) is 0 Å². The van der Waals surface area contributed by atoms with Crippen LogP contribution in [0.5, 0.6) is 0 Å². The smallest absolute Gasteiger partial charge is 0.0589 e. The van der Waals surface area contributed by atoms with Crippen LogP contribution in [0.2, 0.25) is 0 Å². The topological polar surface area (TPSA) is 24.5 Å². The number of nitrogens with one attached hydrogen (secondary N) is 1. The first-order valence-corrected chi connectivity index (χ1v) is 6.30. The van der Waals surface area contributed by atoms with Gasteiger partial charge in [-0.2, -0.15) is 0 Å². The molecule has 0 aromatic heterocycles. The predicted molar refractivity (Wildman–Crippen MR) is 68.7 cm³/mol. The summed E-state index contributed by atoms with van der Waals surface area (Å²) in [6.07, 6.45) is 3.50. The van der Waals surface area contributed by atoms with Gasteiger partial charge in [0.05, 0.1) is 6.61 Å². The molecule has 1 heterocycles. The number of rotatable bonds is 7. The number of likely N-dealkylation sites (tertiary alicyclic amines) is 1. The van der Waals surface area contributed by atoms with Gasteiger partial charge in [0.2, 0.25) is 0 Å². The van der Waals surface area contributed by atoms with Crippen molar-refractivity contribution in [3.63, 3.8) is 0 Å². The highest BCUT2D eigenvalue weighted by atomic mass is 16.5. The summed E-state index contributed by atoms with van der Waals surface area (Å²) in [7, 11) is 1.77. The average molecular weight is 226 g/mol. The fraction of sp³-hybridized carbons (Fsp3) is 0.846. The van der Waals surface area contributed by atoms with Crippen LogP contribution in [-0.4, -0.2) is 51.3 Å². The van der Waals surface area contributed by atoms with Crippen LogP contribution in [-0.2, 0) is 4.74 Å². The van der Waals surface area contributed by atoms with Crippen LogP contribution in [0.25, 0.3) is 0 Å². The maximum absolute atomic E-state index is 5.10. The summed E-state index contributed by atoms with van der Waals surface area (Å²) >= 11 is 0. The van der Waals surface area contributed by atoms with E-state index in [1.165, 1.54) is 25.1 Å². The van der Waals surface area contributed by atoms with Crippen LogP contribution >= 0.6 is 0 Å². The van der Waals surface area contributed by atoms with E-state index in [9.17, 15) is 0 Å². The Hall–Kier alpha value is -0.380. The second kappa shape index (κ2) is 7.82. The quantitative estimate of drug-likeness (QED) is 0.666. The summed E-state index contributed by atoms with van der Waals surface area (Å²) in [6, 6.07) is 0. The average Bonchev–Trinajstić information content (AvgIpc) is 2.74. The Balaban J connectivity index is 2.07. The van der Waals surface area contributed by atoms with Gasteiger partial charge in [-0.25, -0.2) is 0 Å². The third kappa shape index (κ3) is 5.10. The van der Waals surface area contributed by atoms with E-state index in [0.29, 0.717) is 0 Å². The summed E-state index contributed by atoms with van der Waals surface area (Å²) in [4.78, 5) is 2.50. The number of allylic oxidation sites excluding steroid dienone is 1. The van der Waals surface area contributed by atoms with Crippen molar-refractivity contribution in [3.8, 4) is 0 Å². The lowest BCUT2D eigenvalue weighted by Crippen LogP contribution is -2.29. The van der Waals surface area contributed by atoms with E-state index in [1.807, 2.05) is 0 Å². The Kier molecular flexibility index (Phi) is 6.69. The largest absolute Gasteiger partial charge is 0.383 e. The number of hydrogen-bond donors (Lipinski definition) is 1. The molecule has 1 unspecified atom stereocenters. The molecule has 0 aromatic rings. The first kappa shape index (κ1) is 13.7. The van der Waals surface area contributed by atoms with E-state index >= 15 is 0 Å². The minimum absolute atomic E-state index is 0.821. The van der Waals surface area contributed by atoms with E-state index in [0.717, 1.165) is 32.2 Å². The molecule has 1 aliphatic rings. The van der Waals surface area contributed by atoms with Gasteiger partial charge in [-0.3, -0.25) is 0 Å². The first-order chi connectivity index (χ1) is 7.76. The van der Waals surface area contributed by atoms with Crippen molar-refractivity contribution < 1.29 is 4.74 Å². The zero-order valence-corrected chi connectivity index (χ0v) is 11.0. The van der Waals surface area contributed by atoms with Crippen LogP contribution < -0.4 is 5.32 Å². The SMILES string of the molecule is C/C=C(\C)CNCC1CCN(CCOC)C1. The molecule has 1 atom stereocenters. The highest BCUT2D eigenvalue weighted by Crippen LogP contribution is 2.14. The molecule has 1 fully saturated rings. The highest BCUT2D eigenvalue weighted by Gasteiger charge is 2.21. The molecule has 94 valence electrons. The summed E-state index contributed by atoms with van der Waals surface area (Å²) < 4.78 is 5.10. The highest BCUT2D eigenvalue weighted by molar-refractivity contribution is 4.97. The molecule has 3 nitrogen and oxygen atoms in total. The van der Waals surface area contributed by atoms with Gasteiger partial charge in [0.15, 0.2) is 0 Å². The zero-order chi connectivity index (χ0) is 11.8. The van der Waals surface area contributed by atoms with E-state index in [4.69, 9.17) is 4.74 Å². The number of methoxy groups -OCH3 is 1. The fourth-order valence-corrected chi connectivity index (χ4v) is 2.08. The third-order valence-corrected chi connectivity index (χ3v) is 3.31. The molecule has 0 aliphatic carbocycles. The van der Waals surface area contributed by atoms with Crippen molar-refractivity contribution in [3.05, 3.63) is 11.6 Å². The van der Waals surface area contributed by atoms with Crippen molar-refractivity contribution in [2.45, 2.75) is 20.3 Å². The number of ether oxygens (including phenoxy) is 1. The monoisotopic (exact) mass is 226 g/mol. The summed E-state index contributed by atoms with van der Waals surface area (Å²) in [5, 5.41) is 3.53. The van der Waals surface area contributed by atoms with Crippen LogP contribution in [0, 0.1) is 5.92 Å². The summed E-state index contributed by atoms with van der Waals surface area (Å²) in [6.45, 7) is 10.9. The molecule has 1 N–H and O–H groups in total. The second-order valence-electron chi connectivity index (χ2n) is 4.71. The Morgan fingerprint density at radius 3 is 3.06 bits per heavy atom. The molecule has 0 radical (unpaired) electrons. The van der Waals surface area contributed by atoms with Crippen molar-refractivity contribution in [2.75, 3.05) is 46.4 Å². The standard InChI is InChI=1S/C13H26N2O/c1-4-12(2)9-14-10-13-5-6-15(11-13)7-8-16-3/h4,13-14H,5-11H2,1-3H3/b12-4+. The summed E-state index contributed by atoms with van der Waals surface area (Å²) in [5.41, 5.74) is 1.43. The lowest BCUT2D eigenvalue weighted by Gasteiger charge is -2.15. The molecule has 1 rings (SSSR count). The molecule has 1 aliphatic heterocycles. The normalized spacial score (nSPS) is 22.9. The molecule has 3 heteroatoms. The van der Waals surface area contributed by atoms with Gasteiger partial charge in [0.25, 0.3) is 0 Å². The molecule has 1 saturated heterocycles. The fourth-order valence-electron chi connectivity index (χ4n) is 2.08. The summed E-state index contributed by atoms with van der Waals surface area (Å²) in [5.74, 6) is 0.821. The van der Waals surface area contributed by atoms with E-state index in [2.05, 4.69) is 30.1 Å². The van der Waals surface area contributed by atoms with Gasteiger partial charge < -0.3 is 15.0 Å². The minimum Gasteiger partial charge on any atom is -0.383 e. The third-order valence-electron chi connectivity index (χ3n) is 3.31. The van der Waals surface area contributed by atoms with E-state index in [1.54, 1.807) is 7.11 Å². The van der Waals surface area contributed by atoms with Gasteiger partial charge in [-0.15, -0.1) is 0 Å². The molecule has 0 spiro atoms. The predicted octanol–water partition coefficient (Wildman–Crippen LogP) is 1.51. The van der Waals surface area contributed by atoms with Crippen molar-refractivity contribution in [1.29, 1.82) is 0 Å². The Morgan fingerprint density at radius 1 is 1.56 bits per heavy atom. The molecule has 0 aromatic carbocycles. The molecule has 0 amide bonds. The van der Waals surface area contributed by atoms with Crippen LogP contribution in [0.3, 0.4) is 0 Å². The maximum atomic E-state index is 5.10. The second-order valence-corrected chi connectivity index (χ2v) is 4.71. The molecule has 0 bridgehead atoms. The van der Waals surface area contributed by atoms with Crippen molar-refractivity contribution in [2.24, 2.45) is 5.92 Å². The Bertz CT molecular complexity index is 216. The number of nitrogens with zero attached hydrogens (tertiary/aromatic N) is 1. The number of hydrogen-bond acceptors (Lipinski definition) is 3. The van der Waals surface area contributed by atoms with Crippen molar-refractivity contribution >= 4 is 0 Å². The molecule has 16 heavy (non-hydrogen) atoms. The lowest BCUT2D eigenvalue weighted by atomic mass is 10.1. The zero-order valence-electron chi connectivity index (χ0n) is 11.0. The lowest BCUT2D eigenvalue weighted by molar-refractivity contribution is 0.159. The first-order valence-electron chi connectivity index (χ1n) is 6.30. The van der Waals surface area contributed by atoms with Crippen molar-refractivity contribution in [1.82, 2.24) is 10.2 Å². The molecular weight excluding hydrogens is 200 g/mol. The molecular formula is C13H26N2O. The van der Waals surface area contributed by atoms with Gasteiger partial charge in [0, 0.05) is 26.7 Å². The van der Waals surface area contributed by atoms with Crippen LogP contribution in [0.15, 0.2) is 11.6 Å². The van der Waals surface area contributed by atoms with E-state index < -0.39 is 0 Å². The Morgan fingerprint density at radius 2 is 2.38 bits per heavy atom. The van der Waals surface area contributed by atoms with Gasteiger partial charge in [-0.1, -0.05) is 11.6 Å². The molecule has 0 saturated carbocycles.